The number of anilines is 2. The number of thioether (sulfide) groups is 1. The van der Waals surface area contributed by atoms with Crippen molar-refractivity contribution in [3.8, 4) is 0 Å². The van der Waals surface area contributed by atoms with Crippen molar-refractivity contribution in [2.24, 2.45) is 0 Å². The molecule has 0 heterocycles. The number of alkyl halides is 3. The number of carbonyl (C=O) groups is 3. The summed E-state index contributed by atoms with van der Waals surface area (Å²) < 4.78 is 41.3. The second kappa shape index (κ2) is 16.2. The van der Waals surface area contributed by atoms with Gasteiger partial charge in [-0.1, -0.05) is 66.2 Å². The maximum atomic E-state index is 13.8. The second-order valence-corrected chi connectivity index (χ2v) is 12.4. The highest BCUT2D eigenvalue weighted by atomic mass is 35.5. The Balaban J connectivity index is 1.40. The smallest absolute Gasteiger partial charge is 0.324 e. The van der Waals surface area contributed by atoms with E-state index in [4.69, 9.17) is 11.6 Å². The molecule has 51 heavy (non-hydrogen) atoms. The average Bonchev–Trinajstić information content (AvgIpc) is 3.11. The monoisotopic (exact) mass is 730 g/mol. The van der Waals surface area contributed by atoms with E-state index in [-0.39, 0.29) is 27.7 Å². The molecule has 0 radical (unpaired) electrons. The number of hydrogen-bond acceptors (Lipinski definition) is 6. The van der Waals surface area contributed by atoms with Crippen LogP contribution in [0.25, 0.3) is 6.08 Å². The van der Waals surface area contributed by atoms with Crippen LogP contribution in [0.4, 0.5) is 30.2 Å². The Morgan fingerprint density at radius 3 is 2.12 bits per heavy atom. The van der Waals surface area contributed by atoms with Crippen LogP contribution in [0.2, 0.25) is 5.02 Å². The largest absolute Gasteiger partial charge is 0.418 e. The van der Waals surface area contributed by atoms with Crippen molar-refractivity contribution >= 4 is 64.2 Å². The molecule has 3 amide bonds. The third kappa shape index (κ3) is 9.84. The lowest BCUT2D eigenvalue weighted by Crippen LogP contribution is -2.30. The average molecular weight is 731 g/mol. The molecule has 5 aromatic carbocycles. The molecule has 0 aromatic heterocycles. The fourth-order valence-corrected chi connectivity index (χ4v) is 6.00. The highest BCUT2D eigenvalue weighted by Gasteiger charge is 2.35. The van der Waals surface area contributed by atoms with Gasteiger partial charge in [0.15, 0.2) is 0 Å². The highest BCUT2D eigenvalue weighted by molar-refractivity contribution is 8.00. The molecule has 0 aliphatic heterocycles. The van der Waals surface area contributed by atoms with E-state index in [1.807, 2.05) is 0 Å². The summed E-state index contributed by atoms with van der Waals surface area (Å²) in [6, 6.07) is 31.5. The van der Waals surface area contributed by atoms with Crippen LogP contribution in [0, 0.1) is 10.1 Å². The van der Waals surface area contributed by atoms with Crippen LogP contribution in [0.1, 0.15) is 32.3 Å². The topological polar surface area (TPSA) is 130 Å². The fraction of sp³-hybridized carbons (Fsp3) is 0.0541. The van der Waals surface area contributed by atoms with E-state index >= 15 is 0 Å². The molecule has 5 aromatic rings. The van der Waals surface area contributed by atoms with E-state index in [9.17, 15) is 37.7 Å². The van der Waals surface area contributed by atoms with Crippen LogP contribution in [0.15, 0.2) is 138 Å². The Hall–Kier alpha value is -5.92. The first kappa shape index (κ1) is 36.4. The van der Waals surface area contributed by atoms with Crippen LogP contribution < -0.4 is 16.0 Å². The molecular formula is C37H26ClF3N4O5S. The number of halogens is 4. The molecule has 258 valence electrons. The fourth-order valence-electron chi connectivity index (χ4n) is 4.74. The molecule has 14 heteroatoms. The van der Waals surface area contributed by atoms with E-state index in [1.54, 1.807) is 84.9 Å². The van der Waals surface area contributed by atoms with Crippen molar-refractivity contribution in [1.29, 1.82) is 0 Å². The minimum Gasteiger partial charge on any atom is -0.324 e. The molecule has 5 rings (SSSR count). The predicted octanol–water partition coefficient (Wildman–Crippen LogP) is 9.15. The molecule has 9 nitrogen and oxygen atoms in total. The zero-order chi connectivity index (χ0) is 36.5. The van der Waals surface area contributed by atoms with Crippen molar-refractivity contribution in [3.63, 3.8) is 0 Å². The summed E-state index contributed by atoms with van der Waals surface area (Å²) in [5.74, 6) is -2.03. The number of benzene rings is 5. The van der Waals surface area contributed by atoms with E-state index in [2.05, 4.69) is 16.0 Å². The van der Waals surface area contributed by atoms with Crippen LogP contribution in [0.3, 0.4) is 0 Å². The molecular weight excluding hydrogens is 705 g/mol. The van der Waals surface area contributed by atoms with Gasteiger partial charge in [-0.2, -0.15) is 13.2 Å². The van der Waals surface area contributed by atoms with Gasteiger partial charge in [0.1, 0.15) is 10.9 Å². The van der Waals surface area contributed by atoms with E-state index in [0.29, 0.717) is 16.0 Å². The van der Waals surface area contributed by atoms with Gasteiger partial charge < -0.3 is 16.0 Å². The summed E-state index contributed by atoms with van der Waals surface area (Å²) in [7, 11) is 0. The SMILES string of the molecule is O=C(Nc1cccc(SC(C(=O)Nc2ccc(Cl)cc2C(F)(F)F)c2ccccc2)c1)/C(=C\c1ccc([N+](=O)[O-])cc1)NC(=O)c1ccccc1. The van der Waals surface area contributed by atoms with E-state index in [1.165, 1.54) is 36.4 Å². The molecule has 0 aliphatic carbocycles. The molecule has 0 fully saturated rings. The molecule has 0 spiro atoms. The first-order valence-corrected chi connectivity index (χ1v) is 16.3. The first-order valence-electron chi connectivity index (χ1n) is 15.0. The first-order chi connectivity index (χ1) is 24.4. The highest BCUT2D eigenvalue weighted by Crippen LogP contribution is 2.40. The number of nitrogens with zero attached hydrogens (tertiary/aromatic N) is 1. The number of amides is 3. The summed E-state index contributed by atoms with van der Waals surface area (Å²) in [6.07, 6.45) is -3.41. The Morgan fingerprint density at radius 1 is 0.804 bits per heavy atom. The number of rotatable bonds is 11. The predicted molar refractivity (Wildman–Crippen MR) is 190 cm³/mol. The van der Waals surface area contributed by atoms with Crippen LogP contribution in [-0.2, 0) is 15.8 Å². The van der Waals surface area contributed by atoms with Gasteiger partial charge in [0, 0.05) is 33.3 Å². The lowest BCUT2D eigenvalue weighted by molar-refractivity contribution is -0.384. The van der Waals surface area contributed by atoms with Crippen molar-refractivity contribution in [1.82, 2.24) is 5.32 Å². The van der Waals surface area contributed by atoms with Crippen molar-refractivity contribution in [2.45, 2.75) is 16.3 Å². The van der Waals surface area contributed by atoms with Crippen LogP contribution in [0.5, 0.6) is 0 Å². The Kier molecular flexibility index (Phi) is 11.5. The number of non-ortho nitro benzene ring substituents is 1. The summed E-state index contributed by atoms with van der Waals surface area (Å²) in [5, 5.41) is 17.7. The molecule has 0 aliphatic rings. The summed E-state index contributed by atoms with van der Waals surface area (Å²) >= 11 is 6.85. The number of carbonyl (C=O) groups excluding carboxylic acids is 3. The van der Waals surface area contributed by atoms with Gasteiger partial charge in [0.05, 0.1) is 16.2 Å². The Bertz CT molecular complexity index is 2100. The standard InChI is InChI=1S/C37H26ClF3N4O5S/c38-26-16-19-31(30(21-26)37(39,40)41)43-36(48)33(24-8-3-1-4-9-24)51-29-13-7-12-27(22-29)42-35(47)32(44-34(46)25-10-5-2-6-11-25)20-23-14-17-28(18-15-23)45(49)50/h1-22,33H,(H,42,47)(H,43,48)(H,44,46)/b32-20+. The van der Waals surface area contributed by atoms with Crippen molar-refractivity contribution in [2.75, 3.05) is 10.6 Å². The van der Waals surface area contributed by atoms with Gasteiger partial charge >= 0.3 is 6.18 Å². The molecule has 1 unspecified atom stereocenters. The maximum absolute atomic E-state index is 13.8. The zero-order valence-corrected chi connectivity index (χ0v) is 27.8. The van der Waals surface area contributed by atoms with Crippen molar-refractivity contribution in [3.05, 3.63) is 170 Å². The summed E-state index contributed by atoms with van der Waals surface area (Å²) in [5.41, 5.74) is -0.408. The lowest BCUT2D eigenvalue weighted by Gasteiger charge is -2.20. The van der Waals surface area contributed by atoms with Crippen molar-refractivity contribution < 1.29 is 32.5 Å². The molecule has 0 saturated heterocycles. The number of nitro benzene ring substituents is 1. The zero-order valence-electron chi connectivity index (χ0n) is 26.2. The quantitative estimate of drug-likeness (QED) is 0.0538. The Labute approximate surface area is 298 Å². The van der Waals surface area contributed by atoms with Gasteiger partial charge in [0.25, 0.3) is 17.5 Å². The minimum absolute atomic E-state index is 0.140. The Morgan fingerprint density at radius 2 is 1.47 bits per heavy atom. The van der Waals surface area contributed by atoms with E-state index < -0.39 is 45.3 Å². The minimum atomic E-state index is -4.78. The maximum Gasteiger partial charge on any atom is 0.418 e. The molecule has 3 N–H and O–H groups in total. The van der Waals surface area contributed by atoms with E-state index in [0.717, 1.165) is 23.9 Å². The van der Waals surface area contributed by atoms with Gasteiger partial charge in [-0.05, 0) is 77.9 Å². The number of nitro groups is 1. The number of nitrogens with one attached hydrogen (secondary N) is 3. The van der Waals surface area contributed by atoms with Crippen LogP contribution in [-0.4, -0.2) is 22.6 Å². The summed E-state index contributed by atoms with van der Waals surface area (Å²) in [6.45, 7) is 0. The third-order valence-corrected chi connectivity index (χ3v) is 8.66. The molecule has 0 saturated carbocycles. The van der Waals surface area contributed by atoms with Gasteiger partial charge in [-0.3, -0.25) is 24.5 Å². The van der Waals surface area contributed by atoms with Gasteiger partial charge in [0.2, 0.25) is 5.91 Å². The lowest BCUT2D eigenvalue weighted by atomic mass is 10.1. The van der Waals surface area contributed by atoms with Crippen LogP contribution >= 0.6 is 23.4 Å². The second-order valence-electron chi connectivity index (χ2n) is 10.8. The van der Waals surface area contributed by atoms with Gasteiger partial charge in [-0.15, -0.1) is 11.8 Å². The summed E-state index contributed by atoms with van der Waals surface area (Å²) in [4.78, 5) is 51.2. The van der Waals surface area contributed by atoms with Gasteiger partial charge in [-0.25, -0.2) is 0 Å². The third-order valence-electron chi connectivity index (χ3n) is 7.17. The number of hydrogen-bond donors (Lipinski definition) is 3. The molecule has 1 atom stereocenters. The molecule has 0 bridgehead atoms. The normalized spacial score (nSPS) is 12.0.